The predicted octanol–water partition coefficient (Wildman–Crippen LogP) is 4.88. The number of carbonyl (C=O) groups is 1. The molecule has 20 heavy (non-hydrogen) atoms. The van der Waals surface area contributed by atoms with Crippen LogP contribution in [0, 0.1) is 13.8 Å². The van der Waals surface area contributed by atoms with E-state index in [1.807, 2.05) is 50.2 Å². The smallest absolute Gasteiger partial charge is 0.255 e. The largest absolute Gasteiger partial charge is 0.322 e. The molecular weight excluding hydrogens is 314 g/mol. The Balaban J connectivity index is 2.18. The summed E-state index contributed by atoms with van der Waals surface area (Å²) in [5.74, 6) is -0.0752. The van der Waals surface area contributed by atoms with E-state index in [1.165, 1.54) is 5.56 Å². The van der Waals surface area contributed by atoms with Gasteiger partial charge in [-0.3, -0.25) is 4.79 Å². The molecule has 0 aliphatic rings. The molecule has 3 heteroatoms. The lowest BCUT2D eigenvalue weighted by molar-refractivity contribution is 0.102. The number of rotatable bonds is 3. The Labute approximate surface area is 128 Å². The highest BCUT2D eigenvalue weighted by atomic mass is 79.9. The zero-order valence-corrected chi connectivity index (χ0v) is 13.5. The first kappa shape index (κ1) is 14.8. The topological polar surface area (TPSA) is 29.1 Å². The van der Waals surface area contributed by atoms with Gasteiger partial charge in [0.1, 0.15) is 0 Å². The molecule has 0 bridgehead atoms. The molecule has 0 aliphatic heterocycles. The number of anilines is 1. The fourth-order valence-corrected chi connectivity index (χ4v) is 2.34. The maximum absolute atomic E-state index is 12.2. The Hall–Kier alpha value is -1.61. The molecule has 2 aromatic carbocycles. The van der Waals surface area contributed by atoms with Crippen LogP contribution in [0.5, 0.6) is 0 Å². The summed E-state index contributed by atoms with van der Waals surface area (Å²) in [5, 5.41) is 2.94. The molecule has 2 aromatic rings. The van der Waals surface area contributed by atoms with Crippen molar-refractivity contribution in [3.05, 3.63) is 63.1 Å². The summed E-state index contributed by atoms with van der Waals surface area (Å²) in [7, 11) is 0. The number of aryl methyl sites for hydroxylation is 3. The average molecular weight is 332 g/mol. The number of halogens is 1. The number of benzene rings is 2. The molecular formula is C17H18BrNO. The SMILES string of the molecule is CCc1ccc(C(=O)Nc2cc(C)c(Br)c(C)c2)cc1. The highest BCUT2D eigenvalue weighted by molar-refractivity contribution is 9.10. The molecule has 0 unspecified atom stereocenters. The van der Waals surface area contributed by atoms with Crippen LogP contribution < -0.4 is 5.32 Å². The lowest BCUT2D eigenvalue weighted by Crippen LogP contribution is -2.12. The predicted molar refractivity (Wildman–Crippen MR) is 87.4 cm³/mol. The summed E-state index contributed by atoms with van der Waals surface area (Å²) in [5.41, 5.74) is 4.97. The summed E-state index contributed by atoms with van der Waals surface area (Å²) in [6.45, 7) is 6.13. The van der Waals surface area contributed by atoms with Gasteiger partial charge in [0.2, 0.25) is 0 Å². The number of hydrogen-bond acceptors (Lipinski definition) is 1. The van der Waals surface area contributed by atoms with Gasteiger partial charge in [-0.15, -0.1) is 0 Å². The van der Waals surface area contributed by atoms with E-state index in [0.29, 0.717) is 5.56 Å². The van der Waals surface area contributed by atoms with Crippen LogP contribution >= 0.6 is 15.9 Å². The minimum Gasteiger partial charge on any atom is -0.322 e. The monoisotopic (exact) mass is 331 g/mol. The molecule has 1 N–H and O–H groups in total. The van der Waals surface area contributed by atoms with E-state index in [0.717, 1.165) is 27.7 Å². The second kappa shape index (κ2) is 6.23. The average Bonchev–Trinajstić information content (AvgIpc) is 2.44. The van der Waals surface area contributed by atoms with Gasteiger partial charge in [0.05, 0.1) is 0 Å². The van der Waals surface area contributed by atoms with Crippen molar-refractivity contribution in [2.24, 2.45) is 0 Å². The van der Waals surface area contributed by atoms with Gasteiger partial charge in [0.15, 0.2) is 0 Å². The molecule has 2 nitrogen and oxygen atoms in total. The summed E-state index contributed by atoms with van der Waals surface area (Å²) in [6.07, 6.45) is 0.979. The highest BCUT2D eigenvalue weighted by Gasteiger charge is 2.08. The van der Waals surface area contributed by atoms with Crippen LogP contribution in [0.1, 0.15) is 34.0 Å². The third-order valence-corrected chi connectivity index (χ3v) is 4.57. The van der Waals surface area contributed by atoms with Crippen molar-refractivity contribution >= 4 is 27.5 Å². The van der Waals surface area contributed by atoms with Gasteiger partial charge in [-0.1, -0.05) is 35.0 Å². The van der Waals surface area contributed by atoms with Crippen molar-refractivity contribution < 1.29 is 4.79 Å². The Morgan fingerprint density at radius 3 is 2.15 bits per heavy atom. The molecule has 0 fully saturated rings. The van der Waals surface area contributed by atoms with E-state index in [1.54, 1.807) is 0 Å². The highest BCUT2D eigenvalue weighted by Crippen LogP contribution is 2.25. The van der Waals surface area contributed by atoms with Crippen molar-refractivity contribution in [1.82, 2.24) is 0 Å². The zero-order valence-electron chi connectivity index (χ0n) is 12.0. The van der Waals surface area contributed by atoms with Crippen molar-refractivity contribution in [3.63, 3.8) is 0 Å². The molecule has 0 saturated heterocycles. The van der Waals surface area contributed by atoms with Crippen molar-refractivity contribution in [2.45, 2.75) is 27.2 Å². The molecule has 2 rings (SSSR count). The van der Waals surface area contributed by atoms with E-state index in [4.69, 9.17) is 0 Å². The van der Waals surface area contributed by atoms with E-state index in [2.05, 4.69) is 28.2 Å². The van der Waals surface area contributed by atoms with E-state index < -0.39 is 0 Å². The normalized spacial score (nSPS) is 10.4. The molecule has 0 spiro atoms. The fraction of sp³-hybridized carbons (Fsp3) is 0.235. The second-order valence-corrected chi connectivity index (χ2v) is 5.72. The maximum atomic E-state index is 12.2. The van der Waals surface area contributed by atoms with E-state index in [-0.39, 0.29) is 5.91 Å². The minimum absolute atomic E-state index is 0.0752. The first-order chi connectivity index (χ1) is 9.51. The number of hydrogen-bond donors (Lipinski definition) is 1. The molecule has 1 amide bonds. The van der Waals surface area contributed by atoms with E-state index in [9.17, 15) is 4.79 Å². The molecule has 0 aromatic heterocycles. The Bertz CT molecular complexity index is 609. The Morgan fingerprint density at radius 2 is 1.65 bits per heavy atom. The van der Waals surface area contributed by atoms with Crippen LogP contribution in [0.3, 0.4) is 0 Å². The van der Waals surface area contributed by atoms with Crippen LogP contribution in [0.2, 0.25) is 0 Å². The number of amides is 1. The molecule has 0 radical (unpaired) electrons. The summed E-state index contributed by atoms with van der Waals surface area (Å²) in [4.78, 5) is 12.2. The second-order valence-electron chi connectivity index (χ2n) is 4.93. The molecule has 0 saturated carbocycles. The van der Waals surface area contributed by atoms with Crippen LogP contribution in [-0.4, -0.2) is 5.91 Å². The molecule has 104 valence electrons. The zero-order chi connectivity index (χ0) is 14.7. The van der Waals surface area contributed by atoms with Crippen molar-refractivity contribution in [3.8, 4) is 0 Å². The Morgan fingerprint density at radius 1 is 1.10 bits per heavy atom. The van der Waals surface area contributed by atoms with Gasteiger partial charge in [-0.05, 0) is 61.2 Å². The van der Waals surface area contributed by atoms with Crippen LogP contribution in [-0.2, 0) is 6.42 Å². The molecule has 0 heterocycles. The quantitative estimate of drug-likeness (QED) is 0.853. The number of carbonyl (C=O) groups excluding carboxylic acids is 1. The van der Waals surface area contributed by atoms with Gasteiger partial charge in [-0.25, -0.2) is 0 Å². The van der Waals surface area contributed by atoms with Gasteiger partial charge in [0.25, 0.3) is 5.91 Å². The first-order valence-electron chi connectivity index (χ1n) is 6.68. The van der Waals surface area contributed by atoms with Gasteiger partial charge in [0, 0.05) is 15.7 Å². The lowest BCUT2D eigenvalue weighted by atomic mass is 10.1. The lowest BCUT2D eigenvalue weighted by Gasteiger charge is -2.10. The molecule has 0 atom stereocenters. The standard InChI is InChI=1S/C17H18BrNO/c1-4-13-5-7-14(8-6-13)17(20)19-15-9-11(2)16(18)12(3)10-15/h5-10H,4H2,1-3H3,(H,19,20). The van der Waals surface area contributed by atoms with Crippen LogP contribution in [0.25, 0.3) is 0 Å². The van der Waals surface area contributed by atoms with Gasteiger partial charge < -0.3 is 5.32 Å². The third kappa shape index (κ3) is 3.28. The van der Waals surface area contributed by atoms with Crippen molar-refractivity contribution in [2.75, 3.05) is 5.32 Å². The van der Waals surface area contributed by atoms with Crippen molar-refractivity contribution in [1.29, 1.82) is 0 Å². The minimum atomic E-state index is -0.0752. The Kier molecular flexibility index (Phi) is 4.61. The van der Waals surface area contributed by atoms with Gasteiger partial charge >= 0.3 is 0 Å². The maximum Gasteiger partial charge on any atom is 0.255 e. The summed E-state index contributed by atoms with van der Waals surface area (Å²) in [6, 6.07) is 11.7. The first-order valence-corrected chi connectivity index (χ1v) is 7.47. The third-order valence-electron chi connectivity index (χ3n) is 3.32. The van der Waals surface area contributed by atoms with Crippen LogP contribution in [0.4, 0.5) is 5.69 Å². The molecule has 0 aliphatic carbocycles. The van der Waals surface area contributed by atoms with E-state index >= 15 is 0 Å². The fourth-order valence-electron chi connectivity index (χ4n) is 2.11. The summed E-state index contributed by atoms with van der Waals surface area (Å²) < 4.78 is 1.09. The number of nitrogens with one attached hydrogen (secondary N) is 1. The van der Waals surface area contributed by atoms with Gasteiger partial charge in [-0.2, -0.15) is 0 Å². The summed E-state index contributed by atoms with van der Waals surface area (Å²) >= 11 is 3.53. The van der Waals surface area contributed by atoms with Crippen LogP contribution in [0.15, 0.2) is 40.9 Å².